The molecule has 0 spiro atoms. The number of thiazole rings is 1. The largest absolute Gasteiger partial charge is 0.343 e. The zero-order valence-electron chi connectivity index (χ0n) is 17.8. The first-order chi connectivity index (χ1) is 14.2. The lowest BCUT2D eigenvalue weighted by atomic mass is 9.78. The highest BCUT2D eigenvalue weighted by atomic mass is 32.1. The monoisotopic (exact) mass is 417 g/mol. The molecular weight excluding hydrogens is 382 g/mol. The number of carbonyl (C=O) groups excluding carboxylic acids is 2. The van der Waals surface area contributed by atoms with Crippen molar-refractivity contribution in [3.8, 4) is 0 Å². The molecule has 2 aliphatic heterocycles. The lowest BCUT2D eigenvalue weighted by Gasteiger charge is -2.43. The van der Waals surface area contributed by atoms with Crippen LogP contribution >= 0.6 is 11.3 Å². The fraction of sp³-hybridized carbons (Fsp3) is 0.783. The van der Waals surface area contributed by atoms with Gasteiger partial charge in [-0.15, -0.1) is 11.3 Å². The van der Waals surface area contributed by atoms with Gasteiger partial charge in [-0.25, -0.2) is 4.98 Å². The molecule has 1 saturated carbocycles. The quantitative estimate of drug-likeness (QED) is 0.689. The minimum Gasteiger partial charge on any atom is -0.343 e. The predicted octanol–water partition coefficient (Wildman–Crippen LogP) is 4.83. The smallest absolute Gasteiger partial charge is 0.273 e. The molecule has 3 aliphatic rings. The number of unbranched alkanes of at least 4 members (excludes halogenated alkanes) is 1. The number of aromatic nitrogens is 1. The van der Waals surface area contributed by atoms with Gasteiger partial charge in [0.15, 0.2) is 0 Å². The van der Waals surface area contributed by atoms with Crippen molar-refractivity contribution in [2.45, 2.75) is 89.5 Å². The van der Waals surface area contributed by atoms with E-state index in [1.165, 1.54) is 25.7 Å². The molecule has 1 aliphatic carbocycles. The Morgan fingerprint density at radius 1 is 1.07 bits per heavy atom. The van der Waals surface area contributed by atoms with E-state index in [9.17, 15) is 9.59 Å². The highest BCUT2D eigenvalue weighted by Crippen LogP contribution is 2.36. The summed E-state index contributed by atoms with van der Waals surface area (Å²) >= 11 is 1.64. The molecule has 1 aromatic rings. The molecule has 160 valence electrons. The standard InChI is InChI=1S/C23H35N3O2S/c1-2-3-10-21(27)25-14-11-18(12-15-25)22-24-19(16-29-22)23(28)26-13-6-8-17-7-4-5-9-20(17)26/h16-18,20H,2-15H2,1H3. The summed E-state index contributed by atoms with van der Waals surface area (Å²) in [5, 5.41) is 3.06. The third-order valence-corrected chi connectivity index (χ3v) is 8.19. The van der Waals surface area contributed by atoms with Crippen LogP contribution in [0.2, 0.25) is 0 Å². The summed E-state index contributed by atoms with van der Waals surface area (Å²) in [5.41, 5.74) is 0.651. The second-order valence-corrected chi connectivity index (χ2v) is 9.97. The minimum absolute atomic E-state index is 0.149. The van der Waals surface area contributed by atoms with Crippen molar-refractivity contribution >= 4 is 23.2 Å². The molecule has 1 aromatic heterocycles. The van der Waals surface area contributed by atoms with E-state index in [1.807, 2.05) is 10.3 Å². The van der Waals surface area contributed by atoms with Crippen molar-refractivity contribution in [3.63, 3.8) is 0 Å². The minimum atomic E-state index is 0.149. The molecule has 29 heavy (non-hydrogen) atoms. The molecule has 0 aromatic carbocycles. The van der Waals surface area contributed by atoms with Gasteiger partial charge in [0.25, 0.3) is 5.91 Å². The van der Waals surface area contributed by atoms with Crippen molar-refractivity contribution in [3.05, 3.63) is 16.1 Å². The second kappa shape index (κ2) is 9.59. The van der Waals surface area contributed by atoms with Crippen LogP contribution in [0.3, 0.4) is 0 Å². The molecule has 2 amide bonds. The Bertz CT molecular complexity index is 709. The summed E-state index contributed by atoms with van der Waals surface area (Å²) in [4.78, 5) is 34.4. The zero-order valence-corrected chi connectivity index (χ0v) is 18.6. The Kier molecular flexibility index (Phi) is 6.88. The second-order valence-electron chi connectivity index (χ2n) is 9.08. The van der Waals surface area contributed by atoms with Crippen LogP contribution in [0.4, 0.5) is 0 Å². The van der Waals surface area contributed by atoms with Crippen LogP contribution in [0.15, 0.2) is 5.38 Å². The van der Waals surface area contributed by atoms with E-state index in [4.69, 9.17) is 4.98 Å². The predicted molar refractivity (Wildman–Crippen MR) is 116 cm³/mol. The van der Waals surface area contributed by atoms with Crippen molar-refractivity contribution in [2.24, 2.45) is 5.92 Å². The van der Waals surface area contributed by atoms with Crippen molar-refractivity contribution in [1.29, 1.82) is 0 Å². The first-order valence-electron chi connectivity index (χ1n) is 11.7. The molecule has 2 saturated heterocycles. The molecular formula is C23H35N3O2S. The third kappa shape index (κ3) is 4.68. The van der Waals surface area contributed by atoms with Gasteiger partial charge < -0.3 is 9.80 Å². The van der Waals surface area contributed by atoms with Crippen LogP contribution in [0.1, 0.15) is 99.0 Å². The van der Waals surface area contributed by atoms with Gasteiger partial charge in [0, 0.05) is 43.4 Å². The van der Waals surface area contributed by atoms with Gasteiger partial charge >= 0.3 is 0 Å². The van der Waals surface area contributed by atoms with Crippen LogP contribution < -0.4 is 0 Å². The maximum Gasteiger partial charge on any atom is 0.273 e. The molecule has 4 rings (SSSR count). The summed E-state index contributed by atoms with van der Waals surface area (Å²) in [6.45, 7) is 4.67. The Hall–Kier alpha value is -1.43. The van der Waals surface area contributed by atoms with Gasteiger partial charge in [-0.1, -0.05) is 26.2 Å². The lowest BCUT2D eigenvalue weighted by molar-refractivity contribution is -0.132. The van der Waals surface area contributed by atoms with E-state index in [1.54, 1.807) is 11.3 Å². The van der Waals surface area contributed by atoms with Gasteiger partial charge in [0.1, 0.15) is 5.69 Å². The van der Waals surface area contributed by atoms with Gasteiger partial charge in [0.05, 0.1) is 5.01 Å². The fourth-order valence-corrected chi connectivity index (χ4v) is 6.42. The van der Waals surface area contributed by atoms with Crippen molar-refractivity contribution in [1.82, 2.24) is 14.8 Å². The van der Waals surface area contributed by atoms with E-state index in [-0.39, 0.29) is 5.91 Å². The first-order valence-corrected chi connectivity index (χ1v) is 12.6. The van der Waals surface area contributed by atoms with Gasteiger partial charge in [-0.05, 0) is 50.9 Å². The van der Waals surface area contributed by atoms with Crippen molar-refractivity contribution in [2.75, 3.05) is 19.6 Å². The maximum atomic E-state index is 13.2. The van der Waals surface area contributed by atoms with Gasteiger partial charge in [0.2, 0.25) is 5.91 Å². The van der Waals surface area contributed by atoms with E-state index in [0.29, 0.717) is 35.9 Å². The van der Waals surface area contributed by atoms with E-state index >= 15 is 0 Å². The number of fused-ring (bicyclic) bond motifs is 1. The number of piperidine rings is 2. The number of amides is 2. The van der Waals surface area contributed by atoms with Gasteiger partial charge in [-0.3, -0.25) is 9.59 Å². The van der Waals surface area contributed by atoms with Crippen LogP contribution in [0.25, 0.3) is 0 Å². The van der Waals surface area contributed by atoms with Crippen LogP contribution in [-0.2, 0) is 4.79 Å². The molecule has 6 heteroatoms. The molecule has 0 N–H and O–H groups in total. The number of carbonyl (C=O) groups is 2. The highest BCUT2D eigenvalue weighted by Gasteiger charge is 2.37. The van der Waals surface area contributed by atoms with Crippen LogP contribution in [0.5, 0.6) is 0 Å². The molecule has 0 bridgehead atoms. The van der Waals surface area contributed by atoms with E-state index in [2.05, 4.69) is 11.8 Å². The highest BCUT2D eigenvalue weighted by molar-refractivity contribution is 7.09. The average molecular weight is 418 g/mol. The number of nitrogens with zero attached hydrogens (tertiary/aromatic N) is 3. The molecule has 5 nitrogen and oxygen atoms in total. The van der Waals surface area contributed by atoms with Crippen molar-refractivity contribution < 1.29 is 9.59 Å². The Morgan fingerprint density at radius 3 is 2.62 bits per heavy atom. The Morgan fingerprint density at radius 2 is 1.83 bits per heavy atom. The SMILES string of the molecule is CCCCC(=O)N1CCC(c2nc(C(=O)N3CCCC4CCCCC43)cs2)CC1. The topological polar surface area (TPSA) is 53.5 Å². The number of hydrogen-bond donors (Lipinski definition) is 0. The number of rotatable bonds is 5. The van der Waals surface area contributed by atoms with E-state index < -0.39 is 0 Å². The van der Waals surface area contributed by atoms with Crippen LogP contribution in [-0.4, -0.2) is 52.3 Å². The molecule has 2 unspecified atom stereocenters. The summed E-state index contributed by atoms with van der Waals surface area (Å²) in [6, 6.07) is 0.438. The summed E-state index contributed by atoms with van der Waals surface area (Å²) in [5.74, 6) is 1.54. The summed E-state index contributed by atoms with van der Waals surface area (Å²) < 4.78 is 0. The summed E-state index contributed by atoms with van der Waals surface area (Å²) in [7, 11) is 0. The number of likely N-dealkylation sites (tertiary alicyclic amines) is 2. The number of hydrogen-bond acceptors (Lipinski definition) is 4. The molecule has 3 fully saturated rings. The first kappa shape index (κ1) is 20.8. The Labute approximate surface area is 178 Å². The normalized spacial score (nSPS) is 25.7. The molecule has 2 atom stereocenters. The average Bonchev–Trinajstić information content (AvgIpc) is 3.27. The molecule has 0 radical (unpaired) electrons. The zero-order chi connectivity index (χ0) is 20.2. The molecule has 3 heterocycles. The summed E-state index contributed by atoms with van der Waals surface area (Å²) in [6.07, 6.45) is 12.1. The van der Waals surface area contributed by atoms with E-state index in [0.717, 1.165) is 63.2 Å². The third-order valence-electron chi connectivity index (χ3n) is 7.19. The van der Waals surface area contributed by atoms with Crippen LogP contribution in [0, 0.1) is 5.92 Å². The lowest BCUT2D eigenvalue weighted by Crippen LogP contribution is -2.49. The fourth-order valence-electron chi connectivity index (χ4n) is 5.46. The van der Waals surface area contributed by atoms with Gasteiger partial charge in [-0.2, -0.15) is 0 Å². The maximum absolute atomic E-state index is 13.2. The Balaban J connectivity index is 1.35.